The van der Waals surface area contributed by atoms with E-state index >= 15 is 0 Å². The molecular formula is C15H26O2. The zero-order chi connectivity index (χ0) is 12.5. The van der Waals surface area contributed by atoms with Crippen molar-refractivity contribution in [2.75, 3.05) is 0 Å². The second kappa shape index (κ2) is 3.27. The van der Waals surface area contributed by atoms with E-state index < -0.39 is 5.60 Å². The summed E-state index contributed by atoms with van der Waals surface area (Å²) in [6.07, 6.45) is 5.65. The summed E-state index contributed by atoms with van der Waals surface area (Å²) < 4.78 is 0. The molecule has 2 N–H and O–H groups in total. The maximum Gasteiger partial charge on any atom is 0.0686 e. The fraction of sp³-hybridized carbons (Fsp3) is 1.00. The van der Waals surface area contributed by atoms with Gasteiger partial charge in [0, 0.05) is 0 Å². The largest absolute Gasteiger partial charge is 0.393 e. The van der Waals surface area contributed by atoms with Gasteiger partial charge in [-0.1, -0.05) is 20.8 Å². The summed E-state index contributed by atoms with van der Waals surface area (Å²) in [6.45, 7) is 6.86. The number of aliphatic hydroxyl groups excluding tert-OH is 1. The molecule has 3 unspecified atom stereocenters. The lowest BCUT2D eigenvalue weighted by molar-refractivity contribution is -0.176. The Morgan fingerprint density at radius 3 is 2.35 bits per heavy atom. The Hall–Kier alpha value is -0.0800. The van der Waals surface area contributed by atoms with Crippen molar-refractivity contribution in [3.8, 4) is 0 Å². The average molecular weight is 238 g/mol. The molecule has 0 aromatic carbocycles. The van der Waals surface area contributed by atoms with Crippen LogP contribution in [0.1, 0.15) is 59.3 Å². The second-order valence-corrected chi connectivity index (χ2v) is 7.93. The van der Waals surface area contributed by atoms with Gasteiger partial charge >= 0.3 is 0 Å². The maximum atomic E-state index is 11.0. The SMILES string of the molecule is CC1(C)C[C@@H]2C1CCC1(C)CC2(O)CC[C@H]1O. The molecule has 2 nitrogen and oxygen atoms in total. The van der Waals surface area contributed by atoms with Crippen LogP contribution in [0.3, 0.4) is 0 Å². The highest BCUT2D eigenvalue weighted by Crippen LogP contribution is 2.64. The van der Waals surface area contributed by atoms with Gasteiger partial charge in [0.15, 0.2) is 0 Å². The Morgan fingerprint density at radius 2 is 1.71 bits per heavy atom. The molecule has 3 aliphatic rings. The van der Waals surface area contributed by atoms with E-state index in [0.29, 0.717) is 17.3 Å². The van der Waals surface area contributed by atoms with Gasteiger partial charge < -0.3 is 10.2 Å². The first-order chi connectivity index (χ1) is 7.77. The van der Waals surface area contributed by atoms with Crippen LogP contribution in [0.25, 0.3) is 0 Å². The van der Waals surface area contributed by atoms with E-state index in [4.69, 9.17) is 0 Å². The van der Waals surface area contributed by atoms with Gasteiger partial charge in [0.1, 0.15) is 0 Å². The molecular weight excluding hydrogens is 212 g/mol. The summed E-state index contributed by atoms with van der Waals surface area (Å²) in [6, 6.07) is 0. The van der Waals surface area contributed by atoms with Crippen LogP contribution >= 0.6 is 0 Å². The van der Waals surface area contributed by atoms with Crippen molar-refractivity contribution in [1.82, 2.24) is 0 Å². The molecule has 0 heterocycles. The Balaban J connectivity index is 1.93. The lowest BCUT2D eigenvalue weighted by Crippen LogP contribution is -2.57. The van der Waals surface area contributed by atoms with E-state index in [1.165, 1.54) is 12.8 Å². The van der Waals surface area contributed by atoms with Crippen LogP contribution in [0.4, 0.5) is 0 Å². The lowest BCUT2D eigenvalue weighted by atomic mass is 9.49. The Bertz CT molecular complexity index is 338. The quantitative estimate of drug-likeness (QED) is 0.681. The zero-order valence-corrected chi connectivity index (χ0v) is 11.4. The van der Waals surface area contributed by atoms with Crippen LogP contribution in [-0.2, 0) is 0 Å². The van der Waals surface area contributed by atoms with E-state index in [0.717, 1.165) is 25.7 Å². The standard InChI is InChI=1S/C15H26O2/c1-13(2)8-11-10(13)4-6-14(3)9-15(11,17)7-5-12(14)16/h10-12,16-17H,4-9H2,1-3H3/t10?,11-,12-,14?,15?/m1/s1. The average Bonchev–Trinajstić information content (AvgIpc) is 2.28. The van der Waals surface area contributed by atoms with Gasteiger partial charge in [-0.05, 0) is 61.2 Å². The molecule has 5 atom stereocenters. The molecule has 0 radical (unpaired) electrons. The van der Waals surface area contributed by atoms with Gasteiger partial charge in [-0.15, -0.1) is 0 Å². The third-order valence-corrected chi connectivity index (χ3v) is 6.32. The van der Waals surface area contributed by atoms with Gasteiger partial charge in [-0.2, -0.15) is 0 Å². The van der Waals surface area contributed by atoms with Crippen molar-refractivity contribution in [1.29, 1.82) is 0 Å². The van der Waals surface area contributed by atoms with Crippen molar-refractivity contribution in [2.45, 2.75) is 71.0 Å². The van der Waals surface area contributed by atoms with Crippen LogP contribution in [0.5, 0.6) is 0 Å². The predicted octanol–water partition coefficient (Wildman–Crippen LogP) is 2.72. The summed E-state index contributed by atoms with van der Waals surface area (Å²) >= 11 is 0. The van der Waals surface area contributed by atoms with Gasteiger partial charge in [-0.25, -0.2) is 0 Å². The van der Waals surface area contributed by atoms with Crippen LogP contribution < -0.4 is 0 Å². The predicted molar refractivity (Wildman–Crippen MR) is 67.5 cm³/mol. The highest BCUT2D eigenvalue weighted by atomic mass is 16.3. The molecule has 0 aromatic rings. The summed E-state index contributed by atoms with van der Waals surface area (Å²) in [5.41, 5.74) is -0.121. The zero-order valence-electron chi connectivity index (χ0n) is 11.4. The molecule has 0 amide bonds. The number of hydrogen-bond acceptors (Lipinski definition) is 2. The molecule has 2 heteroatoms. The monoisotopic (exact) mass is 238 g/mol. The minimum Gasteiger partial charge on any atom is -0.393 e. The van der Waals surface area contributed by atoms with E-state index in [2.05, 4.69) is 20.8 Å². The lowest BCUT2D eigenvalue weighted by Gasteiger charge is -2.58. The molecule has 0 spiro atoms. The van der Waals surface area contributed by atoms with Gasteiger partial charge in [0.2, 0.25) is 0 Å². The van der Waals surface area contributed by atoms with Crippen molar-refractivity contribution >= 4 is 0 Å². The fourth-order valence-electron chi connectivity index (χ4n) is 5.10. The van der Waals surface area contributed by atoms with E-state index in [1.807, 2.05) is 0 Å². The first-order valence-corrected chi connectivity index (χ1v) is 7.17. The van der Waals surface area contributed by atoms with Crippen LogP contribution in [0.2, 0.25) is 0 Å². The van der Waals surface area contributed by atoms with Crippen molar-refractivity contribution in [3.05, 3.63) is 0 Å². The van der Waals surface area contributed by atoms with Crippen molar-refractivity contribution in [2.24, 2.45) is 22.7 Å². The number of rotatable bonds is 0. The molecule has 17 heavy (non-hydrogen) atoms. The molecule has 2 bridgehead atoms. The van der Waals surface area contributed by atoms with E-state index in [1.54, 1.807) is 0 Å². The first-order valence-electron chi connectivity index (χ1n) is 7.17. The molecule has 3 rings (SSSR count). The fourth-order valence-corrected chi connectivity index (χ4v) is 5.10. The number of hydrogen-bond donors (Lipinski definition) is 2. The highest BCUT2D eigenvalue weighted by molar-refractivity contribution is 5.12. The normalized spacial score (nSPS) is 56.6. The Kier molecular flexibility index (Phi) is 2.30. The molecule has 3 fully saturated rings. The van der Waals surface area contributed by atoms with Crippen LogP contribution in [0, 0.1) is 22.7 Å². The van der Waals surface area contributed by atoms with E-state index in [9.17, 15) is 10.2 Å². The Morgan fingerprint density at radius 1 is 1.00 bits per heavy atom. The summed E-state index contributed by atoms with van der Waals surface area (Å²) in [7, 11) is 0. The minimum atomic E-state index is -0.481. The van der Waals surface area contributed by atoms with Gasteiger partial charge in [-0.3, -0.25) is 0 Å². The van der Waals surface area contributed by atoms with E-state index in [-0.39, 0.29) is 11.5 Å². The first kappa shape index (κ1) is 12.0. The minimum absolute atomic E-state index is 0.0413. The molecule has 0 saturated heterocycles. The number of aliphatic hydroxyl groups is 2. The number of fused-ring (bicyclic) bond motifs is 4. The Labute approximate surface area is 104 Å². The molecule has 3 saturated carbocycles. The summed E-state index contributed by atoms with van der Waals surface area (Å²) in [5, 5.41) is 21.2. The van der Waals surface area contributed by atoms with Gasteiger partial charge in [0.05, 0.1) is 11.7 Å². The topological polar surface area (TPSA) is 40.5 Å². The third kappa shape index (κ3) is 1.53. The van der Waals surface area contributed by atoms with Gasteiger partial charge in [0.25, 0.3) is 0 Å². The molecule has 0 aromatic heterocycles. The molecule has 0 aliphatic heterocycles. The van der Waals surface area contributed by atoms with Crippen molar-refractivity contribution in [3.63, 3.8) is 0 Å². The summed E-state index contributed by atoms with van der Waals surface area (Å²) in [4.78, 5) is 0. The highest BCUT2D eigenvalue weighted by Gasteiger charge is 2.61. The van der Waals surface area contributed by atoms with Crippen LogP contribution in [-0.4, -0.2) is 21.9 Å². The molecule has 3 aliphatic carbocycles. The second-order valence-electron chi connectivity index (χ2n) is 7.93. The smallest absolute Gasteiger partial charge is 0.0686 e. The van der Waals surface area contributed by atoms with Crippen LogP contribution in [0.15, 0.2) is 0 Å². The van der Waals surface area contributed by atoms with Crippen molar-refractivity contribution < 1.29 is 10.2 Å². The molecule has 98 valence electrons. The third-order valence-electron chi connectivity index (χ3n) is 6.32. The summed E-state index contributed by atoms with van der Waals surface area (Å²) in [5.74, 6) is 1.16. The maximum absolute atomic E-state index is 11.0.